The lowest BCUT2D eigenvalue weighted by molar-refractivity contribution is -0.116. The highest BCUT2D eigenvalue weighted by Crippen LogP contribution is 2.23. The largest absolute Gasteiger partial charge is 0.492 e. The first kappa shape index (κ1) is 20.5. The van der Waals surface area contributed by atoms with Gasteiger partial charge in [-0.1, -0.05) is 31.2 Å². The quantitative estimate of drug-likeness (QED) is 0.675. The van der Waals surface area contributed by atoms with Crippen LogP contribution in [0, 0.1) is 0 Å². The van der Waals surface area contributed by atoms with Crippen molar-refractivity contribution >= 4 is 39.9 Å². The minimum atomic E-state index is -0.0577. The number of carbonyl (C=O) groups is 1. The lowest BCUT2D eigenvalue weighted by atomic mass is 10.2. The first-order chi connectivity index (χ1) is 11.2. The van der Waals surface area contributed by atoms with E-state index in [0.29, 0.717) is 13.0 Å². The summed E-state index contributed by atoms with van der Waals surface area (Å²) in [6.07, 6.45) is 0.304. The Balaban J connectivity index is 0.00000288. The van der Waals surface area contributed by atoms with Crippen LogP contribution in [-0.2, 0) is 11.3 Å². The number of halogens is 2. The van der Waals surface area contributed by atoms with Crippen molar-refractivity contribution < 1.29 is 9.53 Å². The van der Waals surface area contributed by atoms with Crippen LogP contribution in [0.4, 0.5) is 5.69 Å². The number of nitrogens with one attached hydrogen (secondary N) is 2. The van der Waals surface area contributed by atoms with Crippen LogP contribution in [0.15, 0.2) is 53.0 Å². The third kappa shape index (κ3) is 6.91. The van der Waals surface area contributed by atoms with Gasteiger partial charge in [0.1, 0.15) is 5.75 Å². The van der Waals surface area contributed by atoms with Crippen LogP contribution in [0.1, 0.15) is 18.9 Å². The normalized spacial score (nSPS) is 9.92. The Morgan fingerprint density at radius 3 is 2.71 bits per heavy atom. The number of hydrogen-bond acceptors (Lipinski definition) is 3. The fourth-order valence-electron chi connectivity index (χ4n) is 2.07. The van der Waals surface area contributed by atoms with Gasteiger partial charge in [-0.25, -0.2) is 0 Å². The van der Waals surface area contributed by atoms with Crippen molar-refractivity contribution in [2.45, 2.75) is 19.9 Å². The van der Waals surface area contributed by atoms with E-state index in [1.165, 1.54) is 0 Å². The van der Waals surface area contributed by atoms with Crippen LogP contribution in [0.5, 0.6) is 5.75 Å². The smallest absolute Gasteiger partial charge is 0.227 e. The number of hydrogen-bond donors (Lipinski definition) is 2. The highest BCUT2D eigenvalue weighted by atomic mass is 79.9. The van der Waals surface area contributed by atoms with Gasteiger partial charge in [-0.2, -0.15) is 0 Å². The Labute approximate surface area is 157 Å². The summed E-state index contributed by atoms with van der Waals surface area (Å²) in [6.45, 7) is 4.12. The predicted octanol–water partition coefficient (Wildman–Crippen LogP) is 4.39. The molecule has 2 rings (SSSR count). The molecule has 0 atom stereocenters. The van der Waals surface area contributed by atoms with Crippen molar-refractivity contribution in [1.82, 2.24) is 5.32 Å². The molecule has 2 aromatic rings. The van der Waals surface area contributed by atoms with Crippen molar-refractivity contribution in [3.8, 4) is 5.75 Å². The Bertz CT molecular complexity index is 652. The van der Waals surface area contributed by atoms with E-state index in [0.717, 1.165) is 34.6 Å². The molecule has 0 aliphatic rings. The molecule has 0 unspecified atom stereocenters. The van der Waals surface area contributed by atoms with Crippen molar-refractivity contribution in [2.24, 2.45) is 0 Å². The van der Waals surface area contributed by atoms with E-state index in [1.54, 1.807) is 0 Å². The number of amides is 1. The van der Waals surface area contributed by atoms with Crippen LogP contribution in [0.2, 0.25) is 0 Å². The van der Waals surface area contributed by atoms with E-state index in [-0.39, 0.29) is 18.3 Å². The lowest BCUT2D eigenvalue weighted by Gasteiger charge is -2.09. The molecule has 0 spiro atoms. The van der Waals surface area contributed by atoms with Crippen molar-refractivity contribution in [3.05, 3.63) is 58.6 Å². The Kier molecular flexibility index (Phi) is 9.45. The standard InChI is InChI=1S/C18H21BrN2O2.ClH/c1-2-20-13-14-6-5-7-15(12-14)21-18(22)10-11-23-17-9-4-3-8-16(17)19;/h3-9,12,20H,2,10-11,13H2,1H3,(H,21,22);1H. The van der Waals surface area contributed by atoms with Gasteiger partial charge in [-0.3, -0.25) is 4.79 Å². The fourth-order valence-corrected chi connectivity index (χ4v) is 2.47. The van der Waals surface area contributed by atoms with Crippen molar-refractivity contribution in [2.75, 3.05) is 18.5 Å². The summed E-state index contributed by atoms with van der Waals surface area (Å²) in [4.78, 5) is 12.0. The molecule has 0 saturated carbocycles. The summed E-state index contributed by atoms with van der Waals surface area (Å²) in [7, 11) is 0. The zero-order valence-electron chi connectivity index (χ0n) is 13.5. The van der Waals surface area contributed by atoms with Gasteiger partial charge in [0, 0.05) is 12.2 Å². The topological polar surface area (TPSA) is 50.4 Å². The summed E-state index contributed by atoms with van der Waals surface area (Å²) < 4.78 is 6.49. The van der Waals surface area contributed by atoms with Crippen LogP contribution in [-0.4, -0.2) is 19.1 Å². The number of benzene rings is 2. The molecule has 0 aromatic heterocycles. The van der Waals surface area contributed by atoms with Crippen LogP contribution in [0.25, 0.3) is 0 Å². The molecule has 0 saturated heterocycles. The van der Waals surface area contributed by atoms with Gasteiger partial charge in [0.25, 0.3) is 0 Å². The van der Waals surface area contributed by atoms with Gasteiger partial charge >= 0.3 is 0 Å². The third-order valence-corrected chi connectivity index (χ3v) is 3.87. The molecular weight excluding hydrogens is 392 g/mol. The molecule has 130 valence electrons. The second-order valence-electron chi connectivity index (χ2n) is 5.06. The molecule has 0 fully saturated rings. The Morgan fingerprint density at radius 1 is 1.17 bits per heavy atom. The highest BCUT2D eigenvalue weighted by Gasteiger charge is 2.05. The van der Waals surface area contributed by atoms with E-state index in [2.05, 4.69) is 33.5 Å². The highest BCUT2D eigenvalue weighted by molar-refractivity contribution is 9.10. The number of carbonyl (C=O) groups excluding carboxylic acids is 1. The minimum absolute atomic E-state index is 0. The van der Waals surface area contributed by atoms with Crippen molar-refractivity contribution in [1.29, 1.82) is 0 Å². The number of rotatable bonds is 8. The predicted molar refractivity (Wildman–Crippen MR) is 104 cm³/mol. The first-order valence-electron chi connectivity index (χ1n) is 7.66. The van der Waals surface area contributed by atoms with Crippen LogP contribution < -0.4 is 15.4 Å². The zero-order chi connectivity index (χ0) is 16.5. The molecule has 4 nitrogen and oxygen atoms in total. The number of para-hydroxylation sites is 1. The van der Waals surface area contributed by atoms with E-state index >= 15 is 0 Å². The molecule has 2 N–H and O–H groups in total. The first-order valence-corrected chi connectivity index (χ1v) is 8.45. The summed E-state index contributed by atoms with van der Waals surface area (Å²) in [5.74, 6) is 0.686. The molecule has 0 aliphatic heterocycles. The molecule has 0 heterocycles. The molecule has 2 aromatic carbocycles. The minimum Gasteiger partial charge on any atom is -0.492 e. The van der Waals surface area contributed by atoms with E-state index in [9.17, 15) is 4.79 Å². The van der Waals surface area contributed by atoms with Gasteiger partial charge in [-0.15, -0.1) is 12.4 Å². The SMILES string of the molecule is CCNCc1cccc(NC(=O)CCOc2ccccc2Br)c1.Cl. The maximum Gasteiger partial charge on any atom is 0.227 e. The zero-order valence-corrected chi connectivity index (χ0v) is 16.0. The molecular formula is C18H22BrClN2O2. The summed E-state index contributed by atoms with van der Waals surface area (Å²) in [5.41, 5.74) is 1.96. The Morgan fingerprint density at radius 2 is 1.96 bits per heavy atom. The van der Waals surface area contributed by atoms with Crippen LogP contribution in [0.3, 0.4) is 0 Å². The third-order valence-electron chi connectivity index (χ3n) is 3.21. The van der Waals surface area contributed by atoms with E-state index in [1.807, 2.05) is 48.5 Å². The number of ether oxygens (including phenoxy) is 1. The molecule has 6 heteroatoms. The lowest BCUT2D eigenvalue weighted by Crippen LogP contribution is -2.16. The van der Waals surface area contributed by atoms with Gasteiger partial charge in [0.05, 0.1) is 17.5 Å². The van der Waals surface area contributed by atoms with Crippen LogP contribution >= 0.6 is 28.3 Å². The van der Waals surface area contributed by atoms with Gasteiger partial charge in [-0.05, 0) is 52.3 Å². The molecule has 0 bridgehead atoms. The van der Waals surface area contributed by atoms with Gasteiger partial charge in [0.2, 0.25) is 5.91 Å². The monoisotopic (exact) mass is 412 g/mol. The molecule has 24 heavy (non-hydrogen) atoms. The summed E-state index contributed by atoms with van der Waals surface area (Å²) >= 11 is 3.41. The molecule has 1 amide bonds. The van der Waals surface area contributed by atoms with Gasteiger partial charge < -0.3 is 15.4 Å². The van der Waals surface area contributed by atoms with E-state index < -0.39 is 0 Å². The number of anilines is 1. The summed E-state index contributed by atoms with van der Waals surface area (Å²) in [5, 5.41) is 6.17. The average molecular weight is 414 g/mol. The maximum atomic E-state index is 12.0. The molecule has 0 radical (unpaired) electrons. The van der Waals surface area contributed by atoms with Crippen molar-refractivity contribution in [3.63, 3.8) is 0 Å². The van der Waals surface area contributed by atoms with E-state index in [4.69, 9.17) is 4.74 Å². The second-order valence-corrected chi connectivity index (χ2v) is 5.91. The summed E-state index contributed by atoms with van der Waals surface area (Å²) in [6, 6.07) is 15.4. The fraction of sp³-hybridized carbons (Fsp3) is 0.278. The molecule has 0 aliphatic carbocycles. The Hall–Kier alpha value is -1.56. The second kappa shape index (κ2) is 11.1. The average Bonchev–Trinajstić information content (AvgIpc) is 2.55. The maximum absolute atomic E-state index is 12.0. The van der Waals surface area contributed by atoms with Gasteiger partial charge in [0.15, 0.2) is 0 Å².